The van der Waals surface area contributed by atoms with Gasteiger partial charge in [-0.05, 0) is 6.07 Å². The number of nitro groups is 2. The summed E-state index contributed by atoms with van der Waals surface area (Å²) >= 11 is 0. The van der Waals surface area contributed by atoms with Crippen molar-refractivity contribution in [3.63, 3.8) is 0 Å². The molecule has 1 rings (SSSR count). The fraction of sp³-hybridized carbons (Fsp3) is 0.125. The molecule has 0 saturated heterocycles. The molecule has 0 fully saturated rings. The molecule has 0 aliphatic carbocycles. The van der Waals surface area contributed by atoms with E-state index in [9.17, 15) is 25.0 Å². The molecule has 0 amide bonds. The van der Waals surface area contributed by atoms with Crippen LogP contribution >= 0.6 is 0 Å². The maximum Gasteiger partial charge on any atom is 0.383 e. The topological polar surface area (TPSA) is 113 Å². The molecule has 1 aromatic rings. The summed E-state index contributed by atoms with van der Waals surface area (Å²) < 4.78 is 4.53. The second-order valence-electron chi connectivity index (χ2n) is 2.72. The Hall–Kier alpha value is -2.51. The quantitative estimate of drug-likeness (QED) is 0.324. The van der Waals surface area contributed by atoms with Crippen molar-refractivity contribution in [3.8, 4) is 5.75 Å². The third-order valence-corrected chi connectivity index (χ3v) is 1.52. The van der Waals surface area contributed by atoms with Gasteiger partial charge in [-0.2, -0.15) is 0 Å². The Bertz CT molecular complexity index is 444. The van der Waals surface area contributed by atoms with Crippen LogP contribution in [0.25, 0.3) is 0 Å². The summed E-state index contributed by atoms with van der Waals surface area (Å²) in [6.07, 6.45) is 0. The first-order chi connectivity index (χ1) is 7.49. The van der Waals surface area contributed by atoms with Gasteiger partial charge in [-0.3, -0.25) is 20.2 Å². The lowest BCUT2D eigenvalue weighted by Crippen LogP contribution is -2.19. The number of hydrogen-bond acceptors (Lipinski definition) is 6. The summed E-state index contributed by atoms with van der Waals surface area (Å²) in [6.45, 7) is -0.983. The van der Waals surface area contributed by atoms with Gasteiger partial charge in [-0.1, -0.05) is 6.07 Å². The van der Waals surface area contributed by atoms with Gasteiger partial charge in [0.05, 0.1) is 11.0 Å². The van der Waals surface area contributed by atoms with E-state index in [-0.39, 0.29) is 11.4 Å². The molecule has 8 heteroatoms. The number of hydrogen-bond donors (Lipinski definition) is 0. The number of ether oxygens (including phenoxy) is 1. The molecule has 0 saturated carbocycles. The Morgan fingerprint density at radius 2 is 2.00 bits per heavy atom. The number of esters is 1. The van der Waals surface area contributed by atoms with E-state index in [0.29, 0.717) is 0 Å². The highest BCUT2D eigenvalue weighted by molar-refractivity contribution is 5.73. The highest BCUT2D eigenvalue weighted by Crippen LogP contribution is 2.18. The van der Waals surface area contributed by atoms with Gasteiger partial charge in [0.25, 0.3) is 12.2 Å². The van der Waals surface area contributed by atoms with Crippen molar-refractivity contribution in [2.75, 3.05) is 6.54 Å². The van der Waals surface area contributed by atoms with E-state index in [1.54, 1.807) is 0 Å². The minimum absolute atomic E-state index is 0.0962. The first-order valence-electron chi connectivity index (χ1n) is 4.06. The molecule has 0 aliphatic rings. The lowest BCUT2D eigenvalue weighted by molar-refractivity contribution is -0.469. The summed E-state index contributed by atoms with van der Waals surface area (Å²) in [6, 6.07) is 4.83. The Morgan fingerprint density at radius 1 is 1.31 bits per heavy atom. The van der Waals surface area contributed by atoms with Crippen LogP contribution in [-0.4, -0.2) is 22.4 Å². The first kappa shape index (κ1) is 11.6. The maximum atomic E-state index is 10.9. The minimum Gasteiger partial charge on any atom is -0.421 e. The van der Waals surface area contributed by atoms with Gasteiger partial charge in [-0.25, -0.2) is 4.79 Å². The fourth-order valence-corrected chi connectivity index (χ4v) is 0.930. The van der Waals surface area contributed by atoms with E-state index < -0.39 is 22.4 Å². The number of carbonyl (C=O) groups is 1. The molecule has 0 N–H and O–H groups in total. The molecule has 84 valence electrons. The Morgan fingerprint density at radius 3 is 2.56 bits per heavy atom. The van der Waals surface area contributed by atoms with Crippen molar-refractivity contribution in [1.82, 2.24) is 0 Å². The highest BCUT2D eigenvalue weighted by atomic mass is 16.6. The Labute approximate surface area is 88.7 Å². The van der Waals surface area contributed by atoms with E-state index in [1.165, 1.54) is 18.2 Å². The van der Waals surface area contributed by atoms with Crippen LogP contribution in [0.15, 0.2) is 24.3 Å². The number of benzene rings is 1. The molecule has 0 aromatic heterocycles. The molecule has 1 aromatic carbocycles. The molecule has 0 spiro atoms. The van der Waals surface area contributed by atoms with Crippen molar-refractivity contribution in [2.45, 2.75) is 0 Å². The van der Waals surface area contributed by atoms with Crippen LogP contribution in [-0.2, 0) is 4.79 Å². The predicted molar refractivity (Wildman–Crippen MR) is 50.6 cm³/mol. The summed E-state index contributed by atoms with van der Waals surface area (Å²) in [4.78, 5) is 29.7. The smallest absolute Gasteiger partial charge is 0.383 e. The van der Waals surface area contributed by atoms with Gasteiger partial charge in [0.1, 0.15) is 5.75 Å². The Kier molecular flexibility index (Phi) is 3.49. The molecule has 0 bridgehead atoms. The molecule has 0 atom stereocenters. The van der Waals surface area contributed by atoms with E-state index >= 15 is 0 Å². The second-order valence-corrected chi connectivity index (χ2v) is 2.72. The van der Waals surface area contributed by atoms with E-state index in [0.717, 1.165) is 6.07 Å². The van der Waals surface area contributed by atoms with E-state index in [4.69, 9.17) is 0 Å². The summed E-state index contributed by atoms with van der Waals surface area (Å²) in [5, 5.41) is 20.3. The zero-order valence-electron chi connectivity index (χ0n) is 7.86. The number of non-ortho nitro benzene ring substituents is 1. The normalized spacial score (nSPS) is 9.50. The lowest BCUT2D eigenvalue weighted by atomic mass is 10.3. The van der Waals surface area contributed by atoms with Crippen molar-refractivity contribution in [3.05, 3.63) is 44.5 Å². The summed E-state index contributed by atoms with van der Waals surface area (Å²) in [5.41, 5.74) is -0.258. The van der Waals surface area contributed by atoms with Gasteiger partial charge >= 0.3 is 5.97 Å². The zero-order chi connectivity index (χ0) is 12.1. The summed E-state index contributed by atoms with van der Waals surface area (Å²) in [7, 11) is 0. The number of nitro benzene ring substituents is 1. The molecule has 0 aliphatic heterocycles. The zero-order valence-corrected chi connectivity index (χ0v) is 7.86. The molecular weight excluding hydrogens is 220 g/mol. The molecule has 16 heavy (non-hydrogen) atoms. The summed E-state index contributed by atoms with van der Waals surface area (Å²) in [5.74, 6) is -1.17. The van der Waals surface area contributed by atoms with Crippen LogP contribution in [0.5, 0.6) is 5.75 Å². The molecule has 0 radical (unpaired) electrons. The van der Waals surface area contributed by atoms with Crippen LogP contribution < -0.4 is 4.74 Å². The standard InChI is InChI=1S/C8H6N2O6/c11-8(5-9(12)13)16-7-3-1-2-6(4-7)10(14)15/h1-4H,5H2. The third kappa shape index (κ3) is 3.33. The number of rotatable bonds is 4. The van der Waals surface area contributed by atoms with Gasteiger partial charge in [0, 0.05) is 11.0 Å². The van der Waals surface area contributed by atoms with Crippen molar-refractivity contribution in [2.24, 2.45) is 0 Å². The minimum atomic E-state index is -1.08. The number of carbonyl (C=O) groups excluding carboxylic acids is 1. The van der Waals surface area contributed by atoms with Crippen molar-refractivity contribution >= 4 is 11.7 Å². The van der Waals surface area contributed by atoms with Crippen LogP contribution in [0.2, 0.25) is 0 Å². The van der Waals surface area contributed by atoms with Crippen LogP contribution in [0, 0.1) is 20.2 Å². The van der Waals surface area contributed by atoms with Crippen LogP contribution in [0.1, 0.15) is 0 Å². The van der Waals surface area contributed by atoms with E-state index in [1.807, 2.05) is 0 Å². The molecule has 8 nitrogen and oxygen atoms in total. The van der Waals surface area contributed by atoms with Gasteiger partial charge in [-0.15, -0.1) is 0 Å². The van der Waals surface area contributed by atoms with Gasteiger partial charge in [0.2, 0.25) is 0 Å². The Balaban J connectivity index is 2.74. The third-order valence-electron chi connectivity index (χ3n) is 1.52. The van der Waals surface area contributed by atoms with Crippen LogP contribution in [0.3, 0.4) is 0 Å². The SMILES string of the molecule is O=C(C[N+](=O)[O-])Oc1cccc([N+](=O)[O-])c1. The molecular formula is C8H6N2O6. The van der Waals surface area contributed by atoms with Crippen molar-refractivity contribution in [1.29, 1.82) is 0 Å². The molecule has 0 heterocycles. The largest absolute Gasteiger partial charge is 0.421 e. The monoisotopic (exact) mass is 226 g/mol. The van der Waals surface area contributed by atoms with Crippen LogP contribution in [0.4, 0.5) is 5.69 Å². The maximum absolute atomic E-state index is 10.9. The fourth-order valence-electron chi connectivity index (χ4n) is 0.930. The predicted octanol–water partition coefficient (Wildman–Crippen LogP) is 0.777. The average Bonchev–Trinajstić information content (AvgIpc) is 2.16. The lowest BCUT2D eigenvalue weighted by Gasteiger charge is -2.00. The first-order valence-corrected chi connectivity index (χ1v) is 4.06. The number of nitrogens with zero attached hydrogens (tertiary/aromatic N) is 2. The second kappa shape index (κ2) is 4.82. The van der Waals surface area contributed by atoms with Gasteiger partial charge in [0.15, 0.2) is 0 Å². The van der Waals surface area contributed by atoms with Gasteiger partial charge < -0.3 is 4.74 Å². The molecule has 0 unspecified atom stereocenters. The van der Waals surface area contributed by atoms with E-state index in [2.05, 4.69) is 4.74 Å². The highest BCUT2D eigenvalue weighted by Gasteiger charge is 2.14. The average molecular weight is 226 g/mol. The van der Waals surface area contributed by atoms with Crippen molar-refractivity contribution < 1.29 is 19.4 Å².